The number of carbonyl (C=O) groups excluding carboxylic acids is 1. The van der Waals surface area contributed by atoms with Gasteiger partial charge in [0.15, 0.2) is 0 Å². The highest BCUT2D eigenvalue weighted by atomic mass is 16.6. The first-order valence-electron chi connectivity index (χ1n) is 2.94. The third kappa shape index (κ3) is 6.50. The number of hydrogen-bond donors (Lipinski definition) is 0. The Morgan fingerprint density at radius 1 is 1.73 bits per heavy atom. The molecule has 0 aliphatic rings. The molecule has 0 N–H and O–H groups in total. The van der Waals surface area contributed by atoms with E-state index in [1.165, 1.54) is 0 Å². The van der Waals surface area contributed by atoms with Gasteiger partial charge in [0, 0.05) is 4.92 Å². The summed E-state index contributed by atoms with van der Waals surface area (Å²) in [6.07, 6.45) is 0. The molecule has 0 radical (unpaired) electrons. The van der Waals surface area contributed by atoms with Gasteiger partial charge >= 0.3 is 5.97 Å². The van der Waals surface area contributed by atoms with Gasteiger partial charge < -0.3 is 4.74 Å². The number of ether oxygens (including phenoxy) is 1. The molecule has 0 aromatic heterocycles. The SMILES string of the molecule is C=C(C)COC(=O)C[N+](=O)[O-]. The second kappa shape index (κ2) is 4.43. The first-order chi connectivity index (χ1) is 5.02. The van der Waals surface area contributed by atoms with E-state index in [9.17, 15) is 14.9 Å². The summed E-state index contributed by atoms with van der Waals surface area (Å²) in [5, 5.41) is 9.74. The summed E-state index contributed by atoms with van der Waals surface area (Å²) in [6.45, 7) is 4.39. The Bertz CT molecular complexity index is 187. The van der Waals surface area contributed by atoms with Crippen LogP contribution in [0.4, 0.5) is 0 Å². The van der Waals surface area contributed by atoms with Crippen LogP contribution >= 0.6 is 0 Å². The van der Waals surface area contributed by atoms with Crippen molar-refractivity contribution >= 4 is 5.97 Å². The Morgan fingerprint density at radius 3 is 2.64 bits per heavy atom. The number of nitrogens with zero attached hydrogens (tertiary/aromatic N) is 1. The topological polar surface area (TPSA) is 69.4 Å². The van der Waals surface area contributed by atoms with Crippen molar-refractivity contribution in [1.29, 1.82) is 0 Å². The summed E-state index contributed by atoms with van der Waals surface area (Å²) < 4.78 is 4.43. The molecule has 0 rings (SSSR count). The van der Waals surface area contributed by atoms with Gasteiger partial charge in [-0.15, -0.1) is 0 Å². The highest BCUT2D eigenvalue weighted by Gasteiger charge is 2.09. The van der Waals surface area contributed by atoms with Gasteiger partial charge in [-0.25, -0.2) is 4.79 Å². The summed E-state index contributed by atoms with van der Waals surface area (Å²) in [6, 6.07) is 0. The van der Waals surface area contributed by atoms with Crippen LogP contribution in [0.1, 0.15) is 6.92 Å². The van der Waals surface area contributed by atoms with Gasteiger partial charge in [-0.3, -0.25) is 10.1 Å². The highest BCUT2D eigenvalue weighted by Crippen LogP contribution is 1.88. The van der Waals surface area contributed by atoms with Gasteiger partial charge in [-0.05, 0) is 12.5 Å². The van der Waals surface area contributed by atoms with Crippen molar-refractivity contribution < 1.29 is 14.5 Å². The maximum absolute atomic E-state index is 10.5. The maximum Gasteiger partial charge on any atom is 0.378 e. The normalized spacial score (nSPS) is 8.82. The van der Waals surface area contributed by atoms with E-state index >= 15 is 0 Å². The summed E-state index contributed by atoms with van der Waals surface area (Å²) in [5.74, 6) is -0.835. The zero-order valence-corrected chi connectivity index (χ0v) is 6.20. The van der Waals surface area contributed by atoms with Crippen molar-refractivity contribution in [2.75, 3.05) is 13.2 Å². The summed E-state index contributed by atoms with van der Waals surface area (Å²) in [4.78, 5) is 19.5. The fourth-order valence-corrected chi connectivity index (χ4v) is 0.355. The van der Waals surface area contributed by atoms with Gasteiger partial charge in [-0.2, -0.15) is 0 Å². The van der Waals surface area contributed by atoms with Crippen LogP contribution in [-0.2, 0) is 9.53 Å². The molecule has 0 saturated carbocycles. The molecular weight excluding hydrogens is 150 g/mol. The van der Waals surface area contributed by atoms with Crippen LogP contribution in [0.2, 0.25) is 0 Å². The Labute approximate surface area is 63.8 Å². The minimum atomic E-state index is -0.835. The van der Waals surface area contributed by atoms with Crippen molar-refractivity contribution in [1.82, 2.24) is 0 Å². The first-order valence-corrected chi connectivity index (χ1v) is 2.94. The largest absolute Gasteiger partial charge is 0.456 e. The monoisotopic (exact) mass is 159 g/mol. The minimum absolute atomic E-state index is 0.0483. The molecular formula is C6H9NO4. The highest BCUT2D eigenvalue weighted by molar-refractivity contribution is 5.70. The molecule has 0 unspecified atom stereocenters. The molecule has 0 aromatic carbocycles. The van der Waals surface area contributed by atoms with E-state index in [1.54, 1.807) is 6.92 Å². The smallest absolute Gasteiger partial charge is 0.378 e. The molecule has 0 aromatic rings. The Kier molecular flexibility index (Phi) is 3.87. The number of rotatable bonds is 4. The summed E-state index contributed by atoms with van der Waals surface area (Å²) in [5.41, 5.74) is 0.654. The van der Waals surface area contributed by atoms with Crippen LogP contribution in [0.3, 0.4) is 0 Å². The van der Waals surface area contributed by atoms with E-state index in [1.807, 2.05) is 0 Å². The van der Waals surface area contributed by atoms with Crippen molar-refractivity contribution in [3.05, 3.63) is 22.3 Å². The predicted octanol–water partition coefficient (Wildman–Crippen LogP) is 0.382. The van der Waals surface area contributed by atoms with Gasteiger partial charge in [0.2, 0.25) is 0 Å². The number of nitro groups is 1. The second-order valence-corrected chi connectivity index (χ2v) is 2.11. The fourth-order valence-electron chi connectivity index (χ4n) is 0.355. The molecule has 0 aliphatic carbocycles. The standard InChI is InChI=1S/C6H9NO4/c1-5(2)4-11-6(8)3-7(9)10/h1,3-4H2,2H3. The molecule has 0 amide bonds. The van der Waals surface area contributed by atoms with Gasteiger partial charge in [0.25, 0.3) is 6.54 Å². The van der Waals surface area contributed by atoms with Gasteiger partial charge in [-0.1, -0.05) is 6.58 Å². The van der Waals surface area contributed by atoms with E-state index in [-0.39, 0.29) is 6.61 Å². The summed E-state index contributed by atoms with van der Waals surface area (Å²) in [7, 11) is 0. The molecule has 0 heterocycles. The predicted molar refractivity (Wildman–Crippen MR) is 37.6 cm³/mol. The van der Waals surface area contributed by atoms with Crippen LogP contribution in [0, 0.1) is 10.1 Å². The zero-order chi connectivity index (χ0) is 8.85. The van der Waals surface area contributed by atoms with E-state index in [0.717, 1.165) is 0 Å². The average Bonchev–Trinajstić information content (AvgIpc) is 1.82. The minimum Gasteiger partial charge on any atom is -0.456 e. The second-order valence-electron chi connectivity index (χ2n) is 2.11. The first kappa shape index (κ1) is 9.61. The number of hydrogen-bond acceptors (Lipinski definition) is 4. The third-order valence-corrected chi connectivity index (χ3v) is 0.738. The van der Waals surface area contributed by atoms with E-state index in [0.29, 0.717) is 5.57 Å². The van der Waals surface area contributed by atoms with Gasteiger partial charge in [0.1, 0.15) is 6.61 Å². The van der Waals surface area contributed by atoms with E-state index in [2.05, 4.69) is 11.3 Å². The lowest BCUT2D eigenvalue weighted by Gasteiger charge is -1.99. The van der Waals surface area contributed by atoms with Crippen LogP contribution in [0.5, 0.6) is 0 Å². The van der Waals surface area contributed by atoms with Gasteiger partial charge in [0.05, 0.1) is 0 Å². The molecule has 0 saturated heterocycles. The van der Waals surface area contributed by atoms with Crippen LogP contribution < -0.4 is 0 Å². The molecule has 0 fully saturated rings. The third-order valence-electron chi connectivity index (χ3n) is 0.738. The molecule has 5 nitrogen and oxygen atoms in total. The molecule has 62 valence electrons. The molecule has 0 bridgehead atoms. The van der Waals surface area contributed by atoms with Crippen molar-refractivity contribution in [2.45, 2.75) is 6.92 Å². The lowest BCUT2D eigenvalue weighted by Crippen LogP contribution is -2.17. The molecule has 11 heavy (non-hydrogen) atoms. The molecule has 0 spiro atoms. The van der Waals surface area contributed by atoms with E-state index < -0.39 is 17.4 Å². The van der Waals surface area contributed by atoms with Crippen LogP contribution in [0.25, 0.3) is 0 Å². The van der Waals surface area contributed by atoms with Crippen LogP contribution in [0.15, 0.2) is 12.2 Å². The lowest BCUT2D eigenvalue weighted by atomic mass is 10.4. The Hall–Kier alpha value is -1.39. The van der Waals surface area contributed by atoms with Crippen molar-refractivity contribution in [3.63, 3.8) is 0 Å². The maximum atomic E-state index is 10.5. The number of esters is 1. The quantitative estimate of drug-likeness (QED) is 0.257. The Morgan fingerprint density at radius 2 is 2.27 bits per heavy atom. The Balaban J connectivity index is 3.53. The average molecular weight is 159 g/mol. The van der Waals surface area contributed by atoms with Crippen molar-refractivity contribution in [2.24, 2.45) is 0 Å². The summed E-state index contributed by atoms with van der Waals surface area (Å²) >= 11 is 0. The van der Waals surface area contributed by atoms with E-state index in [4.69, 9.17) is 0 Å². The molecule has 5 heteroatoms. The molecule has 0 atom stereocenters. The van der Waals surface area contributed by atoms with Crippen LogP contribution in [-0.4, -0.2) is 24.0 Å². The lowest BCUT2D eigenvalue weighted by molar-refractivity contribution is -0.470. The number of carbonyl (C=O) groups is 1. The zero-order valence-electron chi connectivity index (χ0n) is 6.20. The molecule has 0 aliphatic heterocycles. The fraction of sp³-hybridized carbons (Fsp3) is 0.500. The van der Waals surface area contributed by atoms with Crippen molar-refractivity contribution in [3.8, 4) is 0 Å².